The minimum absolute atomic E-state index is 0.0380. The fourth-order valence-corrected chi connectivity index (χ4v) is 3.39. The first kappa shape index (κ1) is 22.7. The van der Waals surface area contributed by atoms with E-state index in [1.807, 2.05) is 65.6 Å². The molecule has 1 atom stereocenters. The van der Waals surface area contributed by atoms with Crippen molar-refractivity contribution < 1.29 is 23.9 Å². The predicted molar refractivity (Wildman–Crippen MR) is 115 cm³/mol. The minimum atomic E-state index is -0.520. The van der Waals surface area contributed by atoms with E-state index in [-0.39, 0.29) is 38.1 Å². The SMILES string of the molecule is O=C(CN[C@@H]1CN(CC(=O)OCc2ccccc2)CCCC1=O)OCc1ccccc1. The van der Waals surface area contributed by atoms with E-state index in [4.69, 9.17) is 9.47 Å². The maximum Gasteiger partial charge on any atom is 0.320 e. The third-order valence-electron chi connectivity index (χ3n) is 5.06. The third-order valence-corrected chi connectivity index (χ3v) is 5.06. The van der Waals surface area contributed by atoms with Crippen molar-refractivity contribution in [3.8, 4) is 0 Å². The summed E-state index contributed by atoms with van der Waals surface area (Å²) in [5, 5.41) is 2.99. The summed E-state index contributed by atoms with van der Waals surface area (Å²) in [6, 6.07) is 18.4. The number of hydrogen-bond donors (Lipinski definition) is 1. The maximum atomic E-state index is 12.4. The van der Waals surface area contributed by atoms with E-state index in [9.17, 15) is 14.4 Å². The van der Waals surface area contributed by atoms with Gasteiger partial charge in [0.25, 0.3) is 0 Å². The molecule has 1 saturated heterocycles. The fourth-order valence-electron chi connectivity index (χ4n) is 3.39. The van der Waals surface area contributed by atoms with Gasteiger partial charge in [0.15, 0.2) is 5.78 Å². The van der Waals surface area contributed by atoms with Crippen molar-refractivity contribution in [2.45, 2.75) is 32.1 Å². The summed E-state index contributed by atoms with van der Waals surface area (Å²) < 4.78 is 10.6. The number of benzene rings is 2. The average Bonchev–Trinajstić information content (AvgIpc) is 2.97. The van der Waals surface area contributed by atoms with E-state index < -0.39 is 12.0 Å². The molecular formula is C24H28N2O5. The number of ether oxygens (including phenoxy) is 2. The Balaban J connectivity index is 1.42. The highest BCUT2D eigenvalue weighted by Crippen LogP contribution is 2.09. The van der Waals surface area contributed by atoms with Crippen LogP contribution in [0.1, 0.15) is 24.0 Å². The van der Waals surface area contributed by atoms with E-state index in [2.05, 4.69) is 5.32 Å². The Morgan fingerprint density at radius 3 is 2.10 bits per heavy atom. The lowest BCUT2D eigenvalue weighted by Gasteiger charge is -2.23. The van der Waals surface area contributed by atoms with Crippen LogP contribution in [-0.2, 0) is 37.1 Å². The first-order valence-electron chi connectivity index (χ1n) is 10.5. The Bertz CT molecular complexity index is 857. The van der Waals surface area contributed by atoms with Gasteiger partial charge in [0.2, 0.25) is 0 Å². The molecule has 0 bridgehead atoms. The highest BCUT2D eigenvalue weighted by atomic mass is 16.5. The first-order chi connectivity index (χ1) is 15.1. The zero-order chi connectivity index (χ0) is 21.9. The van der Waals surface area contributed by atoms with Crippen LogP contribution >= 0.6 is 0 Å². The van der Waals surface area contributed by atoms with E-state index in [0.29, 0.717) is 25.9 Å². The second-order valence-electron chi connectivity index (χ2n) is 7.53. The predicted octanol–water partition coefficient (Wildman–Crippen LogP) is 2.10. The van der Waals surface area contributed by atoms with Gasteiger partial charge in [-0.15, -0.1) is 0 Å². The van der Waals surface area contributed by atoms with Crippen LogP contribution in [0.4, 0.5) is 0 Å². The van der Waals surface area contributed by atoms with Gasteiger partial charge in [-0.2, -0.15) is 0 Å². The highest BCUT2D eigenvalue weighted by Gasteiger charge is 2.26. The zero-order valence-electron chi connectivity index (χ0n) is 17.5. The number of rotatable bonds is 9. The molecule has 1 fully saturated rings. The third kappa shape index (κ3) is 7.96. The van der Waals surface area contributed by atoms with Crippen molar-refractivity contribution in [1.82, 2.24) is 10.2 Å². The Kier molecular flexibility index (Phi) is 8.75. The summed E-state index contributed by atoms with van der Waals surface area (Å²) in [6.07, 6.45) is 1.08. The molecule has 0 aromatic heterocycles. The van der Waals surface area contributed by atoms with Gasteiger partial charge >= 0.3 is 11.9 Å². The fraction of sp³-hybridized carbons (Fsp3) is 0.375. The van der Waals surface area contributed by atoms with Crippen LogP contribution in [-0.4, -0.2) is 54.8 Å². The molecule has 0 saturated carbocycles. The molecule has 3 rings (SSSR count). The van der Waals surface area contributed by atoms with Crippen LogP contribution in [0.2, 0.25) is 0 Å². The van der Waals surface area contributed by atoms with E-state index in [1.54, 1.807) is 0 Å². The number of nitrogens with one attached hydrogen (secondary N) is 1. The maximum absolute atomic E-state index is 12.4. The molecule has 0 amide bonds. The Hall–Kier alpha value is -3.03. The molecule has 2 aromatic carbocycles. The number of esters is 2. The van der Waals surface area contributed by atoms with Crippen molar-refractivity contribution in [3.63, 3.8) is 0 Å². The van der Waals surface area contributed by atoms with E-state index in [0.717, 1.165) is 11.1 Å². The molecule has 0 spiro atoms. The molecule has 164 valence electrons. The smallest absolute Gasteiger partial charge is 0.320 e. The van der Waals surface area contributed by atoms with Gasteiger partial charge in [0.1, 0.15) is 13.2 Å². The molecular weight excluding hydrogens is 396 g/mol. The molecule has 7 heteroatoms. The summed E-state index contributed by atoms with van der Waals surface area (Å²) in [5.74, 6) is -0.718. The molecule has 0 aliphatic carbocycles. The molecule has 2 aromatic rings. The number of Topliss-reactive ketones (excluding diaryl/α,β-unsaturated/α-hetero) is 1. The summed E-state index contributed by atoms with van der Waals surface area (Å²) in [6.45, 7) is 1.45. The monoisotopic (exact) mass is 424 g/mol. The summed E-state index contributed by atoms with van der Waals surface area (Å²) in [5.41, 5.74) is 1.83. The summed E-state index contributed by atoms with van der Waals surface area (Å²) in [4.78, 5) is 38.6. The Morgan fingerprint density at radius 2 is 1.48 bits per heavy atom. The molecule has 7 nitrogen and oxygen atoms in total. The lowest BCUT2D eigenvalue weighted by molar-refractivity contribution is -0.147. The van der Waals surface area contributed by atoms with Crippen LogP contribution in [0.3, 0.4) is 0 Å². The van der Waals surface area contributed by atoms with Gasteiger partial charge in [0, 0.05) is 13.0 Å². The molecule has 0 unspecified atom stereocenters. The molecule has 1 heterocycles. The Morgan fingerprint density at radius 1 is 0.903 bits per heavy atom. The standard InChI is InChI=1S/C24H28N2O5/c27-22-12-7-13-26(16-24(29)31-18-20-10-5-2-6-11-20)15-21(22)25-14-23(28)30-17-19-8-3-1-4-9-19/h1-6,8-11,21,25H,7,12-18H2/t21-/m1/s1. The number of carbonyl (C=O) groups is 3. The van der Waals surface area contributed by atoms with Crippen LogP contribution < -0.4 is 5.32 Å². The largest absolute Gasteiger partial charge is 0.460 e. The van der Waals surface area contributed by atoms with Crippen LogP contribution in [0, 0.1) is 0 Å². The number of nitrogens with zero attached hydrogens (tertiary/aromatic N) is 1. The van der Waals surface area contributed by atoms with Gasteiger partial charge in [-0.1, -0.05) is 60.7 Å². The van der Waals surface area contributed by atoms with Gasteiger partial charge in [-0.25, -0.2) is 0 Å². The van der Waals surface area contributed by atoms with Crippen LogP contribution in [0.15, 0.2) is 60.7 Å². The summed E-state index contributed by atoms with van der Waals surface area (Å²) >= 11 is 0. The van der Waals surface area contributed by atoms with Gasteiger partial charge in [-0.05, 0) is 24.1 Å². The topological polar surface area (TPSA) is 84.9 Å². The summed E-state index contributed by atoms with van der Waals surface area (Å²) in [7, 11) is 0. The van der Waals surface area contributed by atoms with Crippen molar-refractivity contribution in [3.05, 3.63) is 71.8 Å². The van der Waals surface area contributed by atoms with Crippen molar-refractivity contribution in [1.29, 1.82) is 0 Å². The first-order valence-corrected chi connectivity index (χ1v) is 10.5. The Labute approximate surface area is 182 Å². The number of likely N-dealkylation sites (tertiary alicyclic amines) is 1. The molecule has 31 heavy (non-hydrogen) atoms. The molecule has 1 aliphatic rings. The lowest BCUT2D eigenvalue weighted by Crippen LogP contribution is -2.47. The van der Waals surface area contributed by atoms with Gasteiger partial charge < -0.3 is 9.47 Å². The normalized spacial score (nSPS) is 17.0. The zero-order valence-corrected chi connectivity index (χ0v) is 17.5. The second-order valence-corrected chi connectivity index (χ2v) is 7.53. The number of hydrogen-bond acceptors (Lipinski definition) is 7. The number of ketones is 1. The molecule has 0 radical (unpaired) electrons. The average molecular weight is 424 g/mol. The van der Waals surface area contributed by atoms with Crippen molar-refractivity contribution >= 4 is 17.7 Å². The van der Waals surface area contributed by atoms with E-state index >= 15 is 0 Å². The van der Waals surface area contributed by atoms with Crippen molar-refractivity contribution in [2.24, 2.45) is 0 Å². The molecule has 1 N–H and O–H groups in total. The second kappa shape index (κ2) is 12.0. The molecule has 1 aliphatic heterocycles. The lowest BCUT2D eigenvalue weighted by atomic mass is 10.1. The van der Waals surface area contributed by atoms with Crippen LogP contribution in [0.25, 0.3) is 0 Å². The van der Waals surface area contributed by atoms with Gasteiger partial charge in [-0.3, -0.25) is 24.6 Å². The van der Waals surface area contributed by atoms with Crippen LogP contribution in [0.5, 0.6) is 0 Å². The number of carbonyl (C=O) groups excluding carboxylic acids is 3. The quantitative estimate of drug-likeness (QED) is 0.617. The van der Waals surface area contributed by atoms with E-state index in [1.165, 1.54) is 0 Å². The minimum Gasteiger partial charge on any atom is -0.460 e. The van der Waals surface area contributed by atoms with Crippen molar-refractivity contribution in [2.75, 3.05) is 26.2 Å². The van der Waals surface area contributed by atoms with Gasteiger partial charge in [0.05, 0.1) is 19.1 Å². The highest BCUT2D eigenvalue weighted by molar-refractivity contribution is 5.85.